The topological polar surface area (TPSA) is 26.7 Å². The highest BCUT2D eigenvalue weighted by atomic mass is 32.2. The molecule has 3 saturated carbocycles. The number of anilines is 1. The van der Waals surface area contributed by atoms with E-state index in [1.54, 1.807) is 23.7 Å². The lowest BCUT2D eigenvalue weighted by Crippen LogP contribution is -2.53. The van der Waals surface area contributed by atoms with Crippen LogP contribution in [-0.2, 0) is 0 Å². The Morgan fingerprint density at radius 1 is 1.33 bits per heavy atom. The van der Waals surface area contributed by atoms with E-state index < -0.39 is 0 Å². The van der Waals surface area contributed by atoms with Gasteiger partial charge in [-0.1, -0.05) is 0 Å². The first kappa shape index (κ1) is 14.1. The van der Waals surface area contributed by atoms with E-state index in [1.165, 1.54) is 36.3 Å². The average Bonchev–Trinajstić information content (AvgIpc) is 2.97. The molecule has 1 heterocycles. The molecule has 1 aromatic rings. The molecular weight excluding hydrogens is 300 g/mol. The number of benzene rings is 1. The second-order valence-corrected chi connectivity index (χ2v) is 8.72. The SMILES string of the molecule is CSc1cc2c(cc1O)SN(C)CCN2C12CCC(C1)C2. The number of aromatic hydroxyl groups is 1. The van der Waals surface area contributed by atoms with Crippen LogP contribution in [0.2, 0.25) is 0 Å². The molecule has 5 heteroatoms. The molecule has 114 valence electrons. The molecule has 4 aliphatic rings. The van der Waals surface area contributed by atoms with Crippen molar-refractivity contribution in [2.45, 2.75) is 41.0 Å². The van der Waals surface area contributed by atoms with Crippen LogP contribution >= 0.6 is 23.7 Å². The van der Waals surface area contributed by atoms with Gasteiger partial charge in [0.15, 0.2) is 0 Å². The fraction of sp³-hybridized carbons (Fsp3) is 0.625. The fourth-order valence-electron chi connectivity index (χ4n) is 4.30. The van der Waals surface area contributed by atoms with Crippen LogP contribution in [0, 0.1) is 5.92 Å². The van der Waals surface area contributed by atoms with E-state index in [0.717, 1.165) is 23.9 Å². The zero-order valence-corrected chi connectivity index (χ0v) is 14.3. The summed E-state index contributed by atoms with van der Waals surface area (Å²) in [5.74, 6) is 1.39. The van der Waals surface area contributed by atoms with Crippen LogP contribution in [0.15, 0.2) is 21.9 Å². The molecule has 0 spiro atoms. The van der Waals surface area contributed by atoms with Crippen molar-refractivity contribution in [3.05, 3.63) is 12.1 Å². The number of rotatable bonds is 2. The maximum absolute atomic E-state index is 10.2. The molecule has 3 nitrogen and oxygen atoms in total. The lowest BCUT2D eigenvalue weighted by atomic mass is 9.75. The van der Waals surface area contributed by atoms with E-state index in [4.69, 9.17) is 0 Å². The second-order valence-electron chi connectivity index (χ2n) is 6.62. The van der Waals surface area contributed by atoms with Gasteiger partial charge in [-0.25, -0.2) is 4.31 Å². The summed E-state index contributed by atoms with van der Waals surface area (Å²) in [6.07, 6.45) is 7.53. The van der Waals surface area contributed by atoms with Crippen molar-refractivity contribution >= 4 is 29.4 Å². The minimum Gasteiger partial charge on any atom is -0.507 e. The van der Waals surface area contributed by atoms with Gasteiger partial charge in [0.05, 0.1) is 15.5 Å². The van der Waals surface area contributed by atoms with Gasteiger partial charge in [0, 0.05) is 18.6 Å². The molecule has 0 unspecified atom stereocenters. The van der Waals surface area contributed by atoms with Crippen LogP contribution in [0.5, 0.6) is 5.75 Å². The summed E-state index contributed by atoms with van der Waals surface area (Å²) in [6.45, 7) is 2.17. The zero-order valence-electron chi connectivity index (χ0n) is 12.6. The molecule has 5 rings (SSSR count). The molecule has 3 aliphatic carbocycles. The summed E-state index contributed by atoms with van der Waals surface area (Å²) >= 11 is 3.40. The van der Waals surface area contributed by atoms with Crippen molar-refractivity contribution in [3.63, 3.8) is 0 Å². The molecule has 1 aromatic carbocycles. The highest BCUT2D eigenvalue weighted by molar-refractivity contribution is 7.98. The Morgan fingerprint density at radius 2 is 2.14 bits per heavy atom. The van der Waals surface area contributed by atoms with Crippen molar-refractivity contribution < 1.29 is 5.11 Å². The predicted octanol–water partition coefficient (Wildman–Crippen LogP) is 3.82. The summed E-state index contributed by atoms with van der Waals surface area (Å²) in [5, 5.41) is 10.2. The quantitative estimate of drug-likeness (QED) is 0.660. The number of phenolic OH excluding ortho intramolecular Hbond substituents is 1. The van der Waals surface area contributed by atoms with Crippen LogP contribution in [0.1, 0.15) is 25.7 Å². The first-order chi connectivity index (χ1) is 10.1. The number of thioether (sulfide) groups is 1. The van der Waals surface area contributed by atoms with Gasteiger partial charge in [-0.05, 0) is 69.0 Å². The molecule has 3 fully saturated rings. The summed E-state index contributed by atoms with van der Waals surface area (Å²) < 4.78 is 2.29. The molecule has 1 N–H and O–H groups in total. The molecule has 0 amide bonds. The van der Waals surface area contributed by atoms with Gasteiger partial charge in [-0.2, -0.15) is 0 Å². The van der Waals surface area contributed by atoms with Gasteiger partial charge in [0.1, 0.15) is 5.75 Å². The van der Waals surface area contributed by atoms with Gasteiger partial charge in [0.25, 0.3) is 0 Å². The van der Waals surface area contributed by atoms with Crippen LogP contribution in [0.25, 0.3) is 0 Å². The molecule has 0 atom stereocenters. The molecule has 0 saturated heterocycles. The number of likely N-dealkylation sites (N-methyl/N-ethyl adjacent to an activating group) is 1. The standard InChI is InChI=1S/C16H22N2OS2/c1-17-5-6-18(16-4-3-11(9-16)10-16)12-7-15(20-2)13(19)8-14(12)21-17/h7-8,11,19H,3-6,9-10H2,1-2H3. The van der Waals surface area contributed by atoms with E-state index >= 15 is 0 Å². The van der Waals surface area contributed by atoms with E-state index in [9.17, 15) is 5.11 Å². The minimum absolute atomic E-state index is 0.414. The maximum atomic E-state index is 10.2. The van der Waals surface area contributed by atoms with Crippen molar-refractivity contribution in [3.8, 4) is 5.75 Å². The van der Waals surface area contributed by atoms with Gasteiger partial charge < -0.3 is 10.0 Å². The molecule has 0 aromatic heterocycles. The second kappa shape index (κ2) is 5.00. The Labute approximate surface area is 135 Å². The largest absolute Gasteiger partial charge is 0.507 e. The Balaban J connectivity index is 1.79. The molecule has 21 heavy (non-hydrogen) atoms. The van der Waals surface area contributed by atoms with Crippen LogP contribution in [0.4, 0.5) is 5.69 Å². The van der Waals surface area contributed by atoms with E-state index in [1.807, 2.05) is 12.3 Å². The Kier molecular flexibility index (Phi) is 3.36. The molecule has 1 aliphatic heterocycles. The number of fused-ring (bicyclic) bond motifs is 2. The Bertz CT molecular complexity index is 566. The monoisotopic (exact) mass is 322 g/mol. The summed E-state index contributed by atoms with van der Waals surface area (Å²) in [7, 11) is 2.15. The van der Waals surface area contributed by atoms with Crippen LogP contribution in [-0.4, -0.2) is 41.3 Å². The van der Waals surface area contributed by atoms with Gasteiger partial charge in [-0.3, -0.25) is 0 Å². The molecular formula is C16H22N2OS2. The number of phenols is 1. The van der Waals surface area contributed by atoms with Crippen LogP contribution < -0.4 is 4.90 Å². The lowest BCUT2D eigenvalue weighted by Gasteiger charge is -2.49. The maximum Gasteiger partial charge on any atom is 0.130 e. The first-order valence-corrected chi connectivity index (χ1v) is 9.69. The summed E-state index contributed by atoms with van der Waals surface area (Å²) in [5.41, 5.74) is 1.75. The van der Waals surface area contributed by atoms with Crippen molar-refractivity contribution in [1.82, 2.24) is 4.31 Å². The summed E-state index contributed by atoms with van der Waals surface area (Å²) in [6, 6.07) is 4.17. The smallest absolute Gasteiger partial charge is 0.130 e. The van der Waals surface area contributed by atoms with E-state index in [2.05, 4.69) is 22.3 Å². The summed E-state index contributed by atoms with van der Waals surface area (Å²) in [4.78, 5) is 4.87. The van der Waals surface area contributed by atoms with Crippen molar-refractivity contribution in [1.29, 1.82) is 0 Å². The lowest BCUT2D eigenvalue weighted by molar-refractivity contribution is 0.227. The van der Waals surface area contributed by atoms with E-state index in [0.29, 0.717) is 11.3 Å². The number of hydrogen-bond acceptors (Lipinski definition) is 5. The van der Waals surface area contributed by atoms with Gasteiger partial charge in [-0.15, -0.1) is 11.8 Å². The third kappa shape index (κ3) is 2.16. The Morgan fingerprint density at radius 3 is 2.81 bits per heavy atom. The normalized spacial score (nSPS) is 31.7. The molecule has 2 bridgehead atoms. The minimum atomic E-state index is 0.414. The first-order valence-electron chi connectivity index (χ1n) is 7.69. The van der Waals surface area contributed by atoms with Crippen LogP contribution in [0.3, 0.4) is 0 Å². The zero-order chi connectivity index (χ0) is 14.6. The molecule has 0 radical (unpaired) electrons. The highest BCUT2D eigenvalue weighted by Crippen LogP contribution is 2.58. The number of nitrogens with zero attached hydrogens (tertiary/aromatic N) is 2. The number of hydrogen-bond donors (Lipinski definition) is 1. The van der Waals surface area contributed by atoms with Crippen molar-refractivity contribution in [2.75, 3.05) is 31.3 Å². The van der Waals surface area contributed by atoms with Gasteiger partial charge in [0.2, 0.25) is 0 Å². The van der Waals surface area contributed by atoms with E-state index in [-0.39, 0.29) is 0 Å². The fourth-order valence-corrected chi connectivity index (χ4v) is 5.74. The van der Waals surface area contributed by atoms with Crippen molar-refractivity contribution in [2.24, 2.45) is 5.92 Å². The third-order valence-corrected chi connectivity index (χ3v) is 7.16. The average molecular weight is 322 g/mol. The highest BCUT2D eigenvalue weighted by Gasteiger charge is 2.54. The predicted molar refractivity (Wildman–Crippen MR) is 90.4 cm³/mol. The van der Waals surface area contributed by atoms with Gasteiger partial charge >= 0.3 is 0 Å². The third-order valence-electron chi connectivity index (χ3n) is 5.37. The Hall–Kier alpha value is -0.520.